The van der Waals surface area contributed by atoms with E-state index in [1.807, 2.05) is 13.8 Å². The van der Waals surface area contributed by atoms with E-state index in [9.17, 15) is 9.90 Å². The van der Waals surface area contributed by atoms with Gasteiger partial charge < -0.3 is 10.4 Å². The molecule has 0 bridgehead atoms. The van der Waals surface area contributed by atoms with E-state index in [0.717, 1.165) is 18.8 Å². The van der Waals surface area contributed by atoms with Crippen LogP contribution in [-0.2, 0) is 0 Å². The number of carboxylic acid groups (broad SMARTS) is 1. The van der Waals surface area contributed by atoms with Crippen LogP contribution < -0.4 is 5.32 Å². The van der Waals surface area contributed by atoms with Crippen molar-refractivity contribution >= 4 is 11.7 Å². The molecule has 5 heteroatoms. The van der Waals surface area contributed by atoms with Crippen LogP contribution in [0.4, 0.5) is 5.69 Å². The Hall–Kier alpha value is -1.65. The SMILES string of the molecule is CCC(CC1CC1)Nc1cnc(C(C)C)nc1C(=O)O. The first-order valence-electron chi connectivity index (χ1n) is 7.38. The van der Waals surface area contributed by atoms with Gasteiger partial charge in [0.25, 0.3) is 0 Å². The highest BCUT2D eigenvalue weighted by Gasteiger charge is 2.26. The van der Waals surface area contributed by atoms with E-state index < -0.39 is 5.97 Å². The van der Waals surface area contributed by atoms with Crippen molar-refractivity contribution in [3.8, 4) is 0 Å². The molecule has 1 unspecified atom stereocenters. The van der Waals surface area contributed by atoms with Gasteiger partial charge in [-0.2, -0.15) is 0 Å². The molecule has 1 atom stereocenters. The fourth-order valence-electron chi connectivity index (χ4n) is 2.25. The number of aromatic carboxylic acids is 1. The summed E-state index contributed by atoms with van der Waals surface area (Å²) in [4.78, 5) is 19.8. The van der Waals surface area contributed by atoms with Crippen LogP contribution in [0.2, 0.25) is 0 Å². The van der Waals surface area contributed by atoms with Crippen molar-refractivity contribution in [2.75, 3.05) is 5.32 Å². The summed E-state index contributed by atoms with van der Waals surface area (Å²) >= 11 is 0. The minimum atomic E-state index is -1.00. The lowest BCUT2D eigenvalue weighted by Gasteiger charge is -2.19. The molecule has 1 aliphatic carbocycles. The molecule has 1 aromatic rings. The third-order valence-electron chi connectivity index (χ3n) is 3.69. The summed E-state index contributed by atoms with van der Waals surface area (Å²) in [6.07, 6.45) is 6.28. The Morgan fingerprint density at radius 2 is 2.20 bits per heavy atom. The highest BCUT2D eigenvalue weighted by atomic mass is 16.4. The van der Waals surface area contributed by atoms with E-state index in [4.69, 9.17) is 0 Å². The van der Waals surface area contributed by atoms with Crippen molar-refractivity contribution in [2.45, 2.75) is 58.4 Å². The van der Waals surface area contributed by atoms with E-state index in [1.165, 1.54) is 12.8 Å². The molecule has 1 aliphatic rings. The minimum absolute atomic E-state index is 0.0814. The van der Waals surface area contributed by atoms with Gasteiger partial charge in [0, 0.05) is 12.0 Å². The average molecular weight is 277 g/mol. The Labute approximate surface area is 119 Å². The number of anilines is 1. The molecule has 2 rings (SSSR count). The maximum absolute atomic E-state index is 11.4. The number of hydrogen-bond acceptors (Lipinski definition) is 4. The Bertz CT molecular complexity index is 484. The lowest BCUT2D eigenvalue weighted by atomic mass is 10.1. The van der Waals surface area contributed by atoms with Crippen LogP contribution in [0.1, 0.15) is 68.7 Å². The second-order valence-electron chi connectivity index (χ2n) is 5.88. The van der Waals surface area contributed by atoms with E-state index in [2.05, 4.69) is 22.2 Å². The lowest BCUT2D eigenvalue weighted by molar-refractivity contribution is 0.0691. The Morgan fingerprint density at radius 3 is 2.70 bits per heavy atom. The molecular formula is C15H23N3O2. The van der Waals surface area contributed by atoms with Gasteiger partial charge in [-0.15, -0.1) is 0 Å². The molecule has 0 radical (unpaired) electrons. The number of aromatic nitrogens is 2. The van der Waals surface area contributed by atoms with Crippen LogP contribution in [0.5, 0.6) is 0 Å². The monoisotopic (exact) mass is 277 g/mol. The van der Waals surface area contributed by atoms with Crippen molar-refractivity contribution in [1.29, 1.82) is 0 Å². The van der Waals surface area contributed by atoms with E-state index >= 15 is 0 Å². The summed E-state index contributed by atoms with van der Waals surface area (Å²) in [5.41, 5.74) is 0.618. The van der Waals surface area contributed by atoms with Crippen LogP contribution in [0.25, 0.3) is 0 Å². The van der Waals surface area contributed by atoms with Gasteiger partial charge in [-0.05, 0) is 18.8 Å². The molecule has 5 nitrogen and oxygen atoms in total. The van der Waals surface area contributed by atoms with Crippen molar-refractivity contribution < 1.29 is 9.90 Å². The Kier molecular flexibility index (Phi) is 4.57. The highest BCUT2D eigenvalue weighted by Crippen LogP contribution is 2.35. The van der Waals surface area contributed by atoms with Gasteiger partial charge in [0.1, 0.15) is 5.82 Å². The molecule has 110 valence electrons. The molecule has 0 spiro atoms. The maximum Gasteiger partial charge on any atom is 0.356 e. The molecular weight excluding hydrogens is 254 g/mol. The maximum atomic E-state index is 11.4. The molecule has 0 amide bonds. The van der Waals surface area contributed by atoms with Crippen LogP contribution in [0.3, 0.4) is 0 Å². The zero-order valence-corrected chi connectivity index (χ0v) is 12.4. The largest absolute Gasteiger partial charge is 0.476 e. The molecule has 1 heterocycles. The van der Waals surface area contributed by atoms with Crippen LogP contribution in [0.15, 0.2) is 6.20 Å². The van der Waals surface area contributed by atoms with Gasteiger partial charge in [-0.25, -0.2) is 14.8 Å². The van der Waals surface area contributed by atoms with Crippen LogP contribution in [-0.4, -0.2) is 27.1 Å². The zero-order valence-electron chi connectivity index (χ0n) is 12.4. The smallest absolute Gasteiger partial charge is 0.356 e. The fourth-order valence-corrected chi connectivity index (χ4v) is 2.25. The standard InChI is InChI=1S/C15H23N3O2/c1-4-11(7-10-5-6-10)17-12-8-16-14(9(2)3)18-13(12)15(19)20/h8-11,17H,4-7H2,1-3H3,(H,19,20). The molecule has 0 saturated heterocycles. The normalized spacial score (nSPS) is 16.2. The summed E-state index contributed by atoms with van der Waals surface area (Å²) < 4.78 is 0. The van der Waals surface area contributed by atoms with Crippen molar-refractivity contribution in [2.24, 2.45) is 5.92 Å². The second kappa shape index (κ2) is 6.20. The highest BCUT2D eigenvalue weighted by molar-refractivity contribution is 5.91. The summed E-state index contributed by atoms with van der Waals surface area (Å²) in [6.45, 7) is 6.02. The van der Waals surface area contributed by atoms with Crippen molar-refractivity contribution in [3.05, 3.63) is 17.7 Å². The van der Waals surface area contributed by atoms with Gasteiger partial charge in [0.15, 0.2) is 5.69 Å². The molecule has 1 aromatic heterocycles. The number of nitrogens with zero attached hydrogens (tertiary/aromatic N) is 2. The molecule has 1 fully saturated rings. The quantitative estimate of drug-likeness (QED) is 0.800. The molecule has 0 aliphatic heterocycles. The summed E-state index contributed by atoms with van der Waals surface area (Å²) in [7, 11) is 0. The van der Waals surface area contributed by atoms with Gasteiger partial charge >= 0.3 is 5.97 Å². The Morgan fingerprint density at radius 1 is 1.50 bits per heavy atom. The van der Waals surface area contributed by atoms with Gasteiger partial charge in [-0.1, -0.05) is 33.6 Å². The number of carboxylic acids is 1. The van der Waals surface area contributed by atoms with Crippen LogP contribution in [0, 0.1) is 5.92 Å². The molecule has 2 N–H and O–H groups in total. The van der Waals surface area contributed by atoms with E-state index in [-0.39, 0.29) is 11.6 Å². The number of carbonyl (C=O) groups is 1. The number of nitrogens with one attached hydrogen (secondary N) is 1. The minimum Gasteiger partial charge on any atom is -0.476 e. The summed E-state index contributed by atoms with van der Waals surface area (Å²) in [6, 6.07) is 0.300. The zero-order chi connectivity index (χ0) is 14.7. The topological polar surface area (TPSA) is 75.1 Å². The van der Waals surface area contributed by atoms with Gasteiger partial charge in [0.2, 0.25) is 0 Å². The third-order valence-corrected chi connectivity index (χ3v) is 3.69. The first-order valence-corrected chi connectivity index (χ1v) is 7.38. The number of rotatable bonds is 7. The molecule has 1 saturated carbocycles. The first kappa shape index (κ1) is 14.8. The third kappa shape index (κ3) is 3.68. The predicted molar refractivity (Wildman–Crippen MR) is 78.1 cm³/mol. The van der Waals surface area contributed by atoms with Gasteiger partial charge in [0.05, 0.1) is 11.9 Å². The van der Waals surface area contributed by atoms with Crippen LogP contribution >= 0.6 is 0 Å². The second-order valence-corrected chi connectivity index (χ2v) is 5.88. The predicted octanol–water partition coefficient (Wildman–Crippen LogP) is 3.29. The first-order chi connectivity index (χ1) is 9.51. The Balaban J connectivity index is 2.18. The molecule has 20 heavy (non-hydrogen) atoms. The number of hydrogen-bond donors (Lipinski definition) is 2. The fraction of sp³-hybridized carbons (Fsp3) is 0.667. The van der Waals surface area contributed by atoms with Gasteiger partial charge in [-0.3, -0.25) is 0 Å². The van der Waals surface area contributed by atoms with Crippen molar-refractivity contribution in [1.82, 2.24) is 9.97 Å². The average Bonchev–Trinajstić information content (AvgIpc) is 3.21. The summed E-state index contributed by atoms with van der Waals surface area (Å²) in [5.74, 6) is 0.494. The van der Waals surface area contributed by atoms with E-state index in [1.54, 1.807) is 6.20 Å². The molecule has 0 aromatic carbocycles. The van der Waals surface area contributed by atoms with E-state index in [0.29, 0.717) is 17.6 Å². The van der Waals surface area contributed by atoms with Crippen molar-refractivity contribution in [3.63, 3.8) is 0 Å². The lowest BCUT2D eigenvalue weighted by Crippen LogP contribution is -2.22. The summed E-state index contributed by atoms with van der Waals surface area (Å²) in [5, 5.41) is 12.6.